The summed E-state index contributed by atoms with van der Waals surface area (Å²) in [6, 6.07) is 3.66. The zero-order valence-electron chi connectivity index (χ0n) is 11.8. The summed E-state index contributed by atoms with van der Waals surface area (Å²) >= 11 is 0. The van der Waals surface area contributed by atoms with Gasteiger partial charge in [-0.15, -0.1) is 6.58 Å². The van der Waals surface area contributed by atoms with Crippen LogP contribution in [0.4, 0.5) is 5.69 Å². The van der Waals surface area contributed by atoms with Gasteiger partial charge in [-0.3, -0.25) is 14.7 Å². The van der Waals surface area contributed by atoms with Gasteiger partial charge in [0.25, 0.3) is 0 Å². The first kappa shape index (κ1) is 14.7. The van der Waals surface area contributed by atoms with Gasteiger partial charge < -0.3 is 10.2 Å². The van der Waals surface area contributed by atoms with E-state index in [1.165, 1.54) is 0 Å². The number of nitrogens with one attached hydrogen (secondary N) is 1. The molecule has 5 heteroatoms. The van der Waals surface area contributed by atoms with Crippen LogP contribution in [-0.2, 0) is 4.79 Å². The van der Waals surface area contributed by atoms with Crippen LogP contribution in [-0.4, -0.2) is 60.0 Å². The molecule has 1 aromatic rings. The highest BCUT2D eigenvalue weighted by Crippen LogP contribution is 2.05. The lowest BCUT2D eigenvalue weighted by Crippen LogP contribution is -2.46. The molecule has 0 unspecified atom stereocenters. The molecule has 0 spiro atoms. The number of hydrogen-bond acceptors (Lipinski definition) is 4. The van der Waals surface area contributed by atoms with Gasteiger partial charge in [0.1, 0.15) is 0 Å². The van der Waals surface area contributed by atoms with Crippen molar-refractivity contribution in [3.05, 3.63) is 37.2 Å². The Hall–Kier alpha value is -1.72. The second-order valence-corrected chi connectivity index (χ2v) is 4.97. The third-order valence-electron chi connectivity index (χ3n) is 3.45. The lowest BCUT2D eigenvalue weighted by atomic mass is 10.2. The minimum absolute atomic E-state index is 0.0477. The van der Waals surface area contributed by atoms with E-state index in [0.717, 1.165) is 45.0 Å². The van der Waals surface area contributed by atoms with E-state index in [-0.39, 0.29) is 5.91 Å². The first-order chi connectivity index (χ1) is 9.78. The molecule has 0 aromatic carbocycles. The Morgan fingerprint density at radius 3 is 2.75 bits per heavy atom. The highest BCUT2D eigenvalue weighted by Gasteiger charge is 2.16. The summed E-state index contributed by atoms with van der Waals surface area (Å²) in [4.78, 5) is 20.5. The second-order valence-electron chi connectivity index (χ2n) is 4.97. The molecule has 108 valence electrons. The molecule has 5 nitrogen and oxygen atoms in total. The molecule has 0 radical (unpaired) electrons. The predicted molar refractivity (Wildman–Crippen MR) is 80.6 cm³/mol. The van der Waals surface area contributed by atoms with E-state index >= 15 is 0 Å². The topological polar surface area (TPSA) is 48.5 Å². The van der Waals surface area contributed by atoms with Crippen LogP contribution >= 0.6 is 0 Å². The number of rotatable bonds is 6. The van der Waals surface area contributed by atoms with Gasteiger partial charge in [0.05, 0.1) is 11.9 Å². The van der Waals surface area contributed by atoms with E-state index in [0.29, 0.717) is 6.42 Å². The van der Waals surface area contributed by atoms with E-state index < -0.39 is 0 Å². The Morgan fingerprint density at radius 2 is 2.10 bits per heavy atom. The van der Waals surface area contributed by atoms with Crippen molar-refractivity contribution in [2.24, 2.45) is 0 Å². The lowest BCUT2D eigenvalue weighted by molar-refractivity contribution is -0.116. The summed E-state index contributed by atoms with van der Waals surface area (Å²) in [6.45, 7) is 9.67. The Bertz CT molecular complexity index is 427. The zero-order chi connectivity index (χ0) is 14.2. The number of carbonyl (C=O) groups is 1. The van der Waals surface area contributed by atoms with Crippen molar-refractivity contribution in [2.45, 2.75) is 6.42 Å². The number of amides is 1. The average molecular weight is 274 g/mol. The van der Waals surface area contributed by atoms with Crippen molar-refractivity contribution in [3.8, 4) is 0 Å². The molecule has 1 aromatic heterocycles. The monoisotopic (exact) mass is 274 g/mol. The van der Waals surface area contributed by atoms with Crippen LogP contribution in [0.1, 0.15) is 6.42 Å². The average Bonchev–Trinajstić information content (AvgIpc) is 2.48. The van der Waals surface area contributed by atoms with Gasteiger partial charge in [0.15, 0.2) is 0 Å². The maximum absolute atomic E-state index is 11.8. The van der Waals surface area contributed by atoms with Gasteiger partial charge in [-0.25, -0.2) is 0 Å². The van der Waals surface area contributed by atoms with Crippen molar-refractivity contribution in [2.75, 3.05) is 44.6 Å². The predicted octanol–water partition coefficient (Wildman–Crippen LogP) is 1.21. The largest absolute Gasteiger partial charge is 0.325 e. The van der Waals surface area contributed by atoms with Crippen LogP contribution in [0.5, 0.6) is 0 Å². The number of nitrogens with zero attached hydrogens (tertiary/aromatic N) is 3. The van der Waals surface area contributed by atoms with Crippen LogP contribution in [0, 0.1) is 0 Å². The molecule has 2 rings (SSSR count). The van der Waals surface area contributed by atoms with Crippen LogP contribution in [0.15, 0.2) is 37.2 Å². The molecule has 2 heterocycles. The summed E-state index contributed by atoms with van der Waals surface area (Å²) < 4.78 is 0. The molecule has 0 aliphatic carbocycles. The van der Waals surface area contributed by atoms with Gasteiger partial charge in [-0.05, 0) is 12.1 Å². The minimum Gasteiger partial charge on any atom is -0.325 e. The van der Waals surface area contributed by atoms with Gasteiger partial charge in [-0.2, -0.15) is 0 Å². The molecule has 1 N–H and O–H groups in total. The van der Waals surface area contributed by atoms with Crippen molar-refractivity contribution >= 4 is 11.6 Å². The van der Waals surface area contributed by atoms with E-state index in [9.17, 15) is 4.79 Å². The maximum atomic E-state index is 11.8. The van der Waals surface area contributed by atoms with Gasteiger partial charge >= 0.3 is 0 Å². The summed E-state index contributed by atoms with van der Waals surface area (Å²) in [5.41, 5.74) is 0.758. The zero-order valence-corrected chi connectivity index (χ0v) is 11.8. The van der Waals surface area contributed by atoms with Crippen molar-refractivity contribution < 1.29 is 4.79 Å². The van der Waals surface area contributed by atoms with E-state index in [1.54, 1.807) is 12.4 Å². The number of pyridine rings is 1. The molecule has 1 fully saturated rings. The maximum Gasteiger partial charge on any atom is 0.225 e. The summed E-state index contributed by atoms with van der Waals surface area (Å²) in [5.74, 6) is 0.0477. The normalized spacial score (nSPS) is 16.8. The van der Waals surface area contributed by atoms with Crippen molar-refractivity contribution in [1.82, 2.24) is 14.8 Å². The first-order valence-corrected chi connectivity index (χ1v) is 7.03. The Kier molecular flexibility index (Phi) is 5.70. The Balaban J connectivity index is 1.66. The van der Waals surface area contributed by atoms with Crippen LogP contribution in [0.25, 0.3) is 0 Å². The molecule has 0 saturated carbocycles. The molecular weight excluding hydrogens is 252 g/mol. The highest BCUT2D eigenvalue weighted by atomic mass is 16.1. The summed E-state index contributed by atoms with van der Waals surface area (Å²) in [7, 11) is 0. The molecule has 1 saturated heterocycles. The van der Waals surface area contributed by atoms with Crippen LogP contribution in [0.2, 0.25) is 0 Å². The number of anilines is 1. The van der Waals surface area contributed by atoms with Gasteiger partial charge in [0.2, 0.25) is 5.91 Å². The molecule has 1 aliphatic heterocycles. The number of hydrogen-bond donors (Lipinski definition) is 1. The highest BCUT2D eigenvalue weighted by molar-refractivity contribution is 5.90. The van der Waals surface area contributed by atoms with Crippen molar-refractivity contribution in [1.29, 1.82) is 0 Å². The fourth-order valence-electron chi connectivity index (χ4n) is 2.30. The lowest BCUT2D eigenvalue weighted by Gasteiger charge is -2.33. The molecule has 1 aliphatic rings. The molecule has 0 bridgehead atoms. The smallest absolute Gasteiger partial charge is 0.225 e. The SMILES string of the molecule is C=CCN1CCN(CCC(=O)Nc2cccnc2)CC1. The third kappa shape index (κ3) is 4.75. The molecule has 0 atom stereocenters. The second kappa shape index (κ2) is 7.77. The van der Waals surface area contributed by atoms with Gasteiger partial charge in [0, 0.05) is 51.9 Å². The summed E-state index contributed by atoms with van der Waals surface area (Å²) in [6.07, 6.45) is 5.82. The fraction of sp³-hybridized carbons (Fsp3) is 0.467. The van der Waals surface area contributed by atoms with Crippen molar-refractivity contribution in [3.63, 3.8) is 0 Å². The van der Waals surface area contributed by atoms with E-state index in [2.05, 4.69) is 26.7 Å². The Labute approximate surface area is 120 Å². The Morgan fingerprint density at radius 1 is 1.35 bits per heavy atom. The van der Waals surface area contributed by atoms with Gasteiger partial charge in [-0.1, -0.05) is 6.08 Å². The molecule has 20 heavy (non-hydrogen) atoms. The molecular formula is C15H22N4O. The quantitative estimate of drug-likeness (QED) is 0.792. The third-order valence-corrected chi connectivity index (χ3v) is 3.45. The standard InChI is InChI=1S/C15H22N4O/c1-2-7-18-9-11-19(12-10-18)8-5-15(20)17-14-4-3-6-16-13-14/h2-4,6,13H,1,5,7-12H2,(H,17,20). The first-order valence-electron chi connectivity index (χ1n) is 7.03. The summed E-state index contributed by atoms with van der Waals surface area (Å²) in [5, 5.41) is 2.86. The number of piperazine rings is 1. The van der Waals surface area contributed by atoms with E-state index in [4.69, 9.17) is 0 Å². The van der Waals surface area contributed by atoms with E-state index in [1.807, 2.05) is 18.2 Å². The number of carbonyl (C=O) groups excluding carboxylic acids is 1. The minimum atomic E-state index is 0.0477. The number of aromatic nitrogens is 1. The fourth-order valence-corrected chi connectivity index (χ4v) is 2.30. The van der Waals surface area contributed by atoms with Crippen LogP contribution in [0.3, 0.4) is 0 Å². The van der Waals surface area contributed by atoms with Crippen LogP contribution < -0.4 is 5.32 Å². The molecule has 1 amide bonds.